The predicted molar refractivity (Wildman–Crippen MR) is 244 cm³/mol. The molecule has 1 amide bonds. The molecule has 6 heterocycles. The molecule has 3 aromatic rings. The SMILES string of the molecule is CC[C@H]1OC(=O)[C@H](C)[C@@H](OC(=O)Cc2cccnc2)[C@H](C)[C@@H](O[C@H]2O[C@@H](C)C[C@@H](N(C)CCF)[C@@H]2O)[C@](C)(OC)C[C@@H](C)C(=O)[C@H](C)[C@H]2N(CCCCn3cnc4ncccc43)C(=O)O[C@]12C. The van der Waals surface area contributed by atoms with E-state index in [1.54, 1.807) is 95.4 Å². The molecule has 0 radical (unpaired) electrons. The number of aryl methyl sites for hydroxylation is 1. The van der Waals surface area contributed by atoms with Gasteiger partial charge in [-0.25, -0.2) is 19.2 Å². The quantitative estimate of drug-likeness (QED) is 0.110. The van der Waals surface area contributed by atoms with Crippen molar-refractivity contribution in [3.63, 3.8) is 0 Å². The molecule has 3 aliphatic rings. The van der Waals surface area contributed by atoms with Gasteiger partial charge in [-0.05, 0) is 90.6 Å². The van der Waals surface area contributed by atoms with E-state index < -0.39 is 108 Å². The van der Waals surface area contributed by atoms with E-state index in [2.05, 4.69) is 15.0 Å². The molecule has 0 saturated carbocycles. The number of esters is 2. The van der Waals surface area contributed by atoms with E-state index in [0.717, 1.165) is 5.52 Å². The zero-order valence-corrected chi connectivity index (χ0v) is 40.7. The number of fused-ring (bicyclic) bond motifs is 2. The minimum absolute atomic E-state index is 0.0730. The van der Waals surface area contributed by atoms with Gasteiger partial charge in [-0.15, -0.1) is 0 Å². The minimum atomic E-state index is -1.46. The number of amides is 1. The number of aliphatic hydroxyl groups is 1. The monoisotopic (exact) mass is 939 g/mol. The van der Waals surface area contributed by atoms with Crippen molar-refractivity contribution in [3.8, 4) is 0 Å². The summed E-state index contributed by atoms with van der Waals surface area (Å²) >= 11 is 0. The second kappa shape index (κ2) is 22.2. The highest BCUT2D eigenvalue weighted by atomic mass is 19.1. The molecule has 3 aliphatic heterocycles. The third-order valence-corrected chi connectivity index (χ3v) is 14.5. The minimum Gasteiger partial charge on any atom is -0.461 e. The summed E-state index contributed by atoms with van der Waals surface area (Å²) in [5.41, 5.74) is -0.686. The van der Waals surface area contributed by atoms with Crippen LogP contribution in [-0.2, 0) is 55.8 Å². The first-order valence-electron chi connectivity index (χ1n) is 23.8. The largest absolute Gasteiger partial charge is 0.461 e. The van der Waals surface area contributed by atoms with Gasteiger partial charge in [0.05, 0.1) is 48.0 Å². The Hall–Kier alpha value is -4.62. The van der Waals surface area contributed by atoms with Crippen molar-refractivity contribution in [2.24, 2.45) is 23.7 Å². The molecule has 6 rings (SSSR count). The zero-order chi connectivity index (χ0) is 48.8. The van der Waals surface area contributed by atoms with Crippen LogP contribution in [0, 0.1) is 23.7 Å². The molecule has 18 heteroatoms. The molecule has 0 spiro atoms. The number of carbonyl (C=O) groups is 4. The first-order chi connectivity index (χ1) is 31.9. The number of Topliss-reactive ketones (excluding diaryl/α,β-unsaturated/α-hetero) is 1. The van der Waals surface area contributed by atoms with Crippen LogP contribution >= 0.6 is 0 Å². The number of cyclic esters (lactones) is 1. The average molecular weight is 939 g/mol. The van der Waals surface area contributed by atoms with Crippen LogP contribution < -0.4 is 0 Å². The maximum Gasteiger partial charge on any atom is 0.410 e. The van der Waals surface area contributed by atoms with Crippen LogP contribution in [0.4, 0.5) is 9.18 Å². The lowest BCUT2D eigenvalue weighted by Crippen LogP contribution is -2.61. The number of nitrogens with zero attached hydrogens (tertiary/aromatic N) is 6. The lowest BCUT2D eigenvalue weighted by Gasteiger charge is -2.48. The van der Waals surface area contributed by atoms with E-state index in [4.69, 9.17) is 28.4 Å². The number of unbranched alkanes of at least 4 members (excludes halogenated alkanes) is 1. The Bertz CT molecular complexity index is 2150. The third-order valence-electron chi connectivity index (χ3n) is 14.5. The predicted octanol–water partition coefficient (Wildman–Crippen LogP) is 5.74. The number of methoxy groups -OCH3 is 1. The molecule has 3 fully saturated rings. The molecule has 0 aromatic carbocycles. The maximum atomic E-state index is 15.0. The smallest absolute Gasteiger partial charge is 0.410 e. The van der Waals surface area contributed by atoms with Gasteiger partial charge in [0.2, 0.25) is 0 Å². The van der Waals surface area contributed by atoms with E-state index in [9.17, 15) is 23.9 Å². The first-order valence-corrected chi connectivity index (χ1v) is 23.8. The first kappa shape index (κ1) is 51.8. The number of aromatic nitrogens is 4. The molecular formula is C49H71FN6O11. The van der Waals surface area contributed by atoms with E-state index in [-0.39, 0.29) is 38.1 Å². The van der Waals surface area contributed by atoms with Gasteiger partial charge in [0.1, 0.15) is 30.8 Å². The molecule has 0 aliphatic carbocycles. The van der Waals surface area contributed by atoms with Gasteiger partial charge in [-0.3, -0.25) is 24.3 Å². The Morgan fingerprint density at radius 3 is 2.45 bits per heavy atom. The Balaban J connectivity index is 1.37. The normalized spacial score (nSPS) is 34.4. The molecule has 14 atom stereocenters. The van der Waals surface area contributed by atoms with E-state index in [1.165, 1.54) is 7.11 Å². The Morgan fingerprint density at radius 1 is 1.03 bits per heavy atom. The lowest BCUT2D eigenvalue weighted by atomic mass is 9.73. The van der Waals surface area contributed by atoms with Gasteiger partial charge in [0, 0.05) is 69.1 Å². The molecule has 370 valence electrons. The fraction of sp³-hybridized carbons (Fsp3) is 0.694. The standard InChI is InChI=1S/C49H71FN6O11/c1-11-37-49(8)42(56(47(61)67-49)22-13-12-21-55-28-53-44-35(55)17-15-20-52-44)31(4)39(58)29(2)26-48(7,62-10)43(66-46-40(59)36(24-30(3)63-46)54(9)23-18-50)32(5)41(33(6)45(60)64-37)65-38(57)25-34-16-14-19-51-27-34/h14-17,19-20,27-33,36-37,40-43,46,59H,11-13,18,21-26H2,1-10H3/t29-,30+,31+,32+,33-,36-,37-,40+,41+,42-,43-,46-,48-,49-/m1/s1. The third kappa shape index (κ3) is 11.3. The van der Waals surface area contributed by atoms with Gasteiger partial charge in [-0.1, -0.05) is 33.8 Å². The molecule has 3 aromatic heterocycles. The second-order valence-corrected chi connectivity index (χ2v) is 19.3. The number of carbonyl (C=O) groups excluding carboxylic acids is 4. The van der Waals surface area contributed by atoms with Crippen molar-refractivity contribution >= 4 is 35.0 Å². The summed E-state index contributed by atoms with van der Waals surface area (Å²) in [5, 5.41) is 11.8. The topological polar surface area (TPSA) is 194 Å². The molecule has 67 heavy (non-hydrogen) atoms. The van der Waals surface area contributed by atoms with Crippen LogP contribution in [0.15, 0.2) is 49.2 Å². The number of alkyl halides is 1. The van der Waals surface area contributed by atoms with Crippen LogP contribution in [0.2, 0.25) is 0 Å². The van der Waals surface area contributed by atoms with E-state index in [1.807, 2.05) is 30.5 Å². The number of aliphatic hydroxyl groups excluding tert-OH is 1. The van der Waals surface area contributed by atoms with Crippen LogP contribution in [-0.4, -0.2) is 152 Å². The van der Waals surface area contributed by atoms with Gasteiger partial charge >= 0.3 is 18.0 Å². The van der Waals surface area contributed by atoms with Crippen molar-refractivity contribution in [1.29, 1.82) is 0 Å². The number of hydrogen-bond donors (Lipinski definition) is 1. The summed E-state index contributed by atoms with van der Waals surface area (Å²) in [5.74, 6) is -5.08. The molecule has 0 unspecified atom stereocenters. The van der Waals surface area contributed by atoms with Crippen molar-refractivity contribution < 1.29 is 57.1 Å². The number of rotatable bonds is 15. The van der Waals surface area contributed by atoms with Crippen molar-refractivity contribution in [3.05, 3.63) is 54.7 Å². The highest BCUT2D eigenvalue weighted by molar-refractivity contribution is 5.85. The number of hydrogen-bond acceptors (Lipinski definition) is 15. The van der Waals surface area contributed by atoms with Gasteiger partial charge in [0.25, 0.3) is 0 Å². The van der Waals surface area contributed by atoms with Crippen LogP contribution in [0.3, 0.4) is 0 Å². The number of likely N-dealkylation sites (N-methyl/N-ethyl adjacent to an activating group) is 1. The Morgan fingerprint density at radius 2 is 1.76 bits per heavy atom. The number of ether oxygens (including phenoxy) is 6. The number of halogens is 1. The number of ketones is 1. The zero-order valence-electron chi connectivity index (χ0n) is 40.7. The van der Waals surface area contributed by atoms with E-state index in [0.29, 0.717) is 37.0 Å². The van der Waals surface area contributed by atoms with Crippen molar-refractivity contribution in [2.45, 2.75) is 161 Å². The molecular weight excluding hydrogens is 868 g/mol. The summed E-state index contributed by atoms with van der Waals surface area (Å²) in [6, 6.07) is 5.87. The molecule has 0 bridgehead atoms. The summed E-state index contributed by atoms with van der Waals surface area (Å²) < 4.78 is 54.1. The van der Waals surface area contributed by atoms with Crippen LogP contribution in [0.25, 0.3) is 11.2 Å². The van der Waals surface area contributed by atoms with Gasteiger partial charge in [-0.2, -0.15) is 0 Å². The van der Waals surface area contributed by atoms with Crippen molar-refractivity contribution in [1.82, 2.24) is 29.3 Å². The Labute approximate surface area is 393 Å². The maximum absolute atomic E-state index is 15.0. The highest BCUT2D eigenvalue weighted by Crippen LogP contribution is 2.44. The lowest BCUT2D eigenvalue weighted by molar-refractivity contribution is -0.302. The van der Waals surface area contributed by atoms with Crippen molar-refractivity contribution in [2.75, 3.05) is 33.9 Å². The molecule has 3 saturated heterocycles. The second-order valence-electron chi connectivity index (χ2n) is 19.3. The summed E-state index contributed by atoms with van der Waals surface area (Å²) in [7, 11) is 3.22. The van der Waals surface area contributed by atoms with E-state index >= 15 is 4.79 Å². The summed E-state index contributed by atoms with van der Waals surface area (Å²) in [6.07, 6.45) is 1.50. The number of pyridine rings is 2. The Kier molecular flexibility index (Phi) is 17.2. The van der Waals surface area contributed by atoms with Crippen LogP contribution in [0.1, 0.15) is 93.1 Å². The average Bonchev–Trinajstić information content (AvgIpc) is 3.84. The number of imidazole rings is 1. The fourth-order valence-electron chi connectivity index (χ4n) is 10.8. The van der Waals surface area contributed by atoms with Gasteiger partial charge in [0.15, 0.2) is 17.5 Å². The highest BCUT2D eigenvalue weighted by Gasteiger charge is 2.60. The summed E-state index contributed by atoms with van der Waals surface area (Å²) in [6.45, 7) is 14.5. The van der Waals surface area contributed by atoms with Crippen LogP contribution in [0.5, 0.6) is 0 Å². The molecule has 17 nitrogen and oxygen atoms in total. The molecule has 1 N–H and O–H groups in total. The van der Waals surface area contributed by atoms with Gasteiger partial charge < -0.3 is 43.0 Å². The fourth-order valence-corrected chi connectivity index (χ4v) is 10.8. The summed E-state index contributed by atoms with van der Waals surface area (Å²) in [4.78, 5) is 74.0.